The van der Waals surface area contributed by atoms with Gasteiger partial charge in [0.2, 0.25) is 11.8 Å². The molecule has 29 heavy (non-hydrogen) atoms. The minimum absolute atomic E-state index is 0. The zero-order chi connectivity index (χ0) is 19.9. The topological polar surface area (TPSA) is 77.0 Å². The van der Waals surface area contributed by atoms with E-state index in [1.165, 1.54) is 5.56 Å². The normalized spacial score (nSPS) is 18.7. The maximum atomic E-state index is 12.8. The number of nitrogens with one attached hydrogen (secondary N) is 2. The van der Waals surface area contributed by atoms with Crippen molar-refractivity contribution >= 4 is 47.4 Å². The van der Waals surface area contributed by atoms with Gasteiger partial charge in [0.05, 0.1) is 0 Å². The van der Waals surface area contributed by atoms with Crippen LogP contribution >= 0.6 is 24.0 Å². The van der Waals surface area contributed by atoms with E-state index in [-0.39, 0.29) is 48.4 Å². The number of carbonyl (C=O) groups is 2. The van der Waals surface area contributed by atoms with Gasteiger partial charge in [0.25, 0.3) is 0 Å². The molecule has 1 aromatic rings. The number of amides is 2. The number of anilines is 1. The Hall–Kier alpha value is -1.84. The summed E-state index contributed by atoms with van der Waals surface area (Å²) >= 11 is 0. The molecule has 0 aromatic heterocycles. The van der Waals surface area contributed by atoms with Crippen molar-refractivity contribution in [2.45, 2.75) is 45.6 Å². The van der Waals surface area contributed by atoms with Crippen LogP contribution in [0, 0.1) is 0 Å². The van der Waals surface area contributed by atoms with Crippen LogP contribution in [0.4, 0.5) is 5.69 Å². The fraction of sp³-hybridized carbons (Fsp3) is 0.571. The van der Waals surface area contributed by atoms with Crippen molar-refractivity contribution in [3.8, 4) is 0 Å². The first-order valence-electron chi connectivity index (χ1n) is 10.3. The molecule has 1 atom stereocenters. The number of carbonyl (C=O) groups excluding carboxylic acids is 2. The highest BCUT2D eigenvalue weighted by molar-refractivity contribution is 14.0. The summed E-state index contributed by atoms with van der Waals surface area (Å²) in [5, 5.41) is 6.59. The second kappa shape index (κ2) is 11.4. The Morgan fingerprint density at radius 3 is 2.72 bits per heavy atom. The Balaban J connectivity index is 0.00000300. The average Bonchev–Trinajstić information content (AvgIpc) is 3.19. The molecule has 0 bridgehead atoms. The summed E-state index contributed by atoms with van der Waals surface area (Å²) in [5.41, 5.74) is 2.24. The molecule has 1 aromatic carbocycles. The predicted octanol–water partition coefficient (Wildman–Crippen LogP) is 2.15. The van der Waals surface area contributed by atoms with Crippen molar-refractivity contribution in [2.75, 3.05) is 37.6 Å². The van der Waals surface area contributed by atoms with Crippen molar-refractivity contribution in [1.29, 1.82) is 0 Å². The summed E-state index contributed by atoms with van der Waals surface area (Å²) in [4.78, 5) is 32.9. The standard InChI is InChI=1S/C21H31N5O2.HI/c1-3-19(27)25-13-11-17(15-25)24-21(22-4-2)23-14-20(28)26-12-7-9-16-8-5-6-10-18(16)26;/h5-6,8,10,17H,3-4,7,9,11-15H2,1-2H3,(H2,22,23,24);1H. The molecule has 0 spiro atoms. The van der Waals surface area contributed by atoms with Gasteiger partial charge in [-0.2, -0.15) is 0 Å². The Kier molecular flexibility index (Phi) is 9.19. The van der Waals surface area contributed by atoms with Crippen LogP contribution in [0.2, 0.25) is 0 Å². The zero-order valence-corrected chi connectivity index (χ0v) is 19.6. The van der Waals surface area contributed by atoms with Crippen LogP contribution in [-0.4, -0.2) is 61.4 Å². The minimum Gasteiger partial charge on any atom is -0.357 e. The first-order valence-corrected chi connectivity index (χ1v) is 10.3. The molecule has 2 heterocycles. The Bertz CT molecular complexity index is 740. The average molecular weight is 513 g/mol. The van der Waals surface area contributed by atoms with Gasteiger partial charge in [0, 0.05) is 44.3 Å². The van der Waals surface area contributed by atoms with Crippen molar-refractivity contribution < 1.29 is 9.59 Å². The molecule has 1 unspecified atom stereocenters. The Morgan fingerprint density at radius 1 is 1.17 bits per heavy atom. The third-order valence-electron chi connectivity index (χ3n) is 5.31. The van der Waals surface area contributed by atoms with Gasteiger partial charge in [0.15, 0.2) is 5.96 Å². The van der Waals surface area contributed by atoms with E-state index in [9.17, 15) is 9.59 Å². The number of likely N-dealkylation sites (tertiary alicyclic amines) is 1. The fourth-order valence-corrected chi connectivity index (χ4v) is 3.87. The van der Waals surface area contributed by atoms with E-state index in [0.717, 1.165) is 44.6 Å². The van der Waals surface area contributed by atoms with E-state index in [1.807, 2.05) is 41.8 Å². The lowest BCUT2D eigenvalue weighted by Gasteiger charge is -2.29. The molecule has 0 aliphatic carbocycles. The summed E-state index contributed by atoms with van der Waals surface area (Å²) in [5.74, 6) is 0.834. The minimum atomic E-state index is 0. The first-order chi connectivity index (χ1) is 13.6. The van der Waals surface area contributed by atoms with Gasteiger partial charge in [0.1, 0.15) is 6.54 Å². The number of benzene rings is 1. The SMILES string of the molecule is CCNC(=NCC(=O)N1CCCc2ccccc21)NC1CCN(C(=O)CC)C1.I. The van der Waals surface area contributed by atoms with Gasteiger partial charge in [-0.15, -0.1) is 24.0 Å². The number of aryl methyl sites for hydroxylation is 1. The van der Waals surface area contributed by atoms with Crippen LogP contribution < -0.4 is 15.5 Å². The molecular weight excluding hydrogens is 481 g/mol. The number of rotatable bonds is 5. The first kappa shape index (κ1) is 23.4. The van der Waals surface area contributed by atoms with Gasteiger partial charge in [-0.1, -0.05) is 25.1 Å². The molecular formula is C21H32IN5O2. The van der Waals surface area contributed by atoms with E-state index in [2.05, 4.69) is 21.7 Å². The lowest BCUT2D eigenvalue weighted by molar-refractivity contribution is -0.129. The number of fused-ring (bicyclic) bond motifs is 1. The van der Waals surface area contributed by atoms with Crippen LogP contribution in [0.3, 0.4) is 0 Å². The van der Waals surface area contributed by atoms with E-state index in [1.54, 1.807) is 0 Å². The molecule has 160 valence electrons. The van der Waals surface area contributed by atoms with Crippen molar-refractivity contribution in [2.24, 2.45) is 4.99 Å². The smallest absolute Gasteiger partial charge is 0.248 e. The highest BCUT2D eigenvalue weighted by atomic mass is 127. The molecule has 0 radical (unpaired) electrons. The lowest BCUT2D eigenvalue weighted by Crippen LogP contribution is -2.46. The summed E-state index contributed by atoms with van der Waals surface area (Å²) in [6, 6.07) is 8.26. The quantitative estimate of drug-likeness (QED) is 0.360. The van der Waals surface area contributed by atoms with Crippen molar-refractivity contribution in [1.82, 2.24) is 15.5 Å². The molecule has 2 amide bonds. The predicted molar refractivity (Wildman–Crippen MR) is 127 cm³/mol. The molecule has 2 aliphatic rings. The van der Waals surface area contributed by atoms with Crippen LogP contribution in [0.1, 0.15) is 38.7 Å². The van der Waals surface area contributed by atoms with Gasteiger partial charge in [-0.05, 0) is 37.8 Å². The Morgan fingerprint density at radius 2 is 1.97 bits per heavy atom. The molecule has 2 aliphatic heterocycles. The maximum Gasteiger partial charge on any atom is 0.248 e. The van der Waals surface area contributed by atoms with Gasteiger partial charge in [-0.25, -0.2) is 4.99 Å². The summed E-state index contributed by atoms with van der Waals surface area (Å²) < 4.78 is 0. The van der Waals surface area contributed by atoms with E-state index >= 15 is 0 Å². The summed E-state index contributed by atoms with van der Waals surface area (Å²) in [6.07, 6.45) is 3.42. The monoisotopic (exact) mass is 513 g/mol. The van der Waals surface area contributed by atoms with Crippen LogP contribution in [-0.2, 0) is 16.0 Å². The van der Waals surface area contributed by atoms with Crippen LogP contribution in [0.25, 0.3) is 0 Å². The summed E-state index contributed by atoms with van der Waals surface area (Å²) in [7, 11) is 0. The van der Waals surface area contributed by atoms with Crippen molar-refractivity contribution in [3.63, 3.8) is 0 Å². The zero-order valence-electron chi connectivity index (χ0n) is 17.3. The number of hydrogen-bond acceptors (Lipinski definition) is 3. The number of halogens is 1. The maximum absolute atomic E-state index is 12.8. The number of nitrogens with zero attached hydrogens (tertiary/aromatic N) is 3. The van der Waals surface area contributed by atoms with Gasteiger partial charge in [-0.3, -0.25) is 9.59 Å². The molecule has 7 nitrogen and oxygen atoms in total. The molecule has 1 fully saturated rings. The third-order valence-corrected chi connectivity index (χ3v) is 5.31. The third kappa shape index (κ3) is 6.07. The summed E-state index contributed by atoms with van der Waals surface area (Å²) in [6.45, 7) is 6.91. The number of guanidine groups is 1. The lowest BCUT2D eigenvalue weighted by atomic mass is 10.0. The van der Waals surface area contributed by atoms with Crippen LogP contribution in [0.5, 0.6) is 0 Å². The molecule has 0 saturated carbocycles. The highest BCUT2D eigenvalue weighted by Crippen LogP contribution is 2.26. The Labute approximate surface area is 190 Å². The number of hydrogen-bond donors (Lipinski definition) is 2. The molecule has 8 heteroatoms. The van der Waals surface area contributed by atoms with E-state index in [4.69, 9.17) is 0 Å². The second-order valence-electron chi connectivity index (χ2n) is 7.30. The fourth-order valence-electron chi connectivity index (χ4n) is 3.87. The number of para-hydroxylation sites is 1. The molecule has 3 rings (SSSR count). The second-order valence-corrected chi connectivity index (χ2v) is 7.30. The van der Waals surface area contributed by atoms with Crippen LogP contribution in [0.15, 0.2) is 29.3 Å². The van der Waals surface area contributed by atoms with Gasteiger partial charge >= 0.3 is 0 Å². The molecule has 1 saturated heterocycles. The highest BCUT2D eigenvalue weighted by Gasteiger charge is 2.26. The molecule has 2 N–H and O–H groups in total. The number of aliphatic imine (C=N–C) groups is 1. The van der Waals surface area contributed by atoms with Gasteiger partial charge < -0.3 is 20.4 Å². The largest absolute Gasteiger partial charge is 0.357 e. The van der Waals surface area contributed by atoms with Crippen molar-refractivity contribution in [3.05, 3.63) is 29.8 Å². The van der Waals surface area contributed by atoms with E-state index in [0.29, 0.717) is 18.9 Å². The van der Waals surface area contributed by atoms with E-state index < -0.39 is 0 Å².